The molecule has 1 saturated heterocycles. The zero-order valence-electron chi connectivity index (χ0n) is 16.1. The summed E-state index contributed by atoms with van der Waals surface area (Å²) in [5.74, 6) is 0.260. The quantitative estimate of drug-likeness (QED) is 0.693. The van der Waals surface area contributed by atoms with Crippen LogP contribution in [0, 0.1) is 0 Å². The highest BCUT2D eigenvalue weighted by Crippen LogP contribution is 2.27. The monoisotopic (exact) mass is 394 g/mol. The Morgan fingerprint density at radius 1 is 1.21 bits per heavy atom. The molecule has 0 bridgehead atoms. The van der Waals surface area contributed by atoms with Gasteiger partial charge in [-0.1, -0.05) is 49.4 Å². The van der Waals surface area contributed by atoms with Gasteiger partial charge in [-0.25, -0.2) is 9.49 Å². The molecular weight excluding hydrogens is 371 g/mol. The number of rotatable bonds is 5. The molecule has 0 aliphatic carbocycles. The van der Waals surface area contributed by atoms with Gasteiger partial charge in [-0.15, -0.1) is 5.10 Å². The lowest BCUT2D eigenvalue weighted by Crippen LogP contribution is -2.45. The normalized spacial score (nSPS) is 18.6. The Labute approximate surface area is 168 Å². The van der Waals surface area contributed by atoms with Crippen molar-refractivity contribution in [2.24, 2.45) is 5.73 Å². The van der Waals surface area contributed by atoms with Crippen molar-refractivity contribution in [2.45, 2.75) is 31.5 Å². The number of benzene rings is 2. The number of amides is 1. The molecule has 0 saturated carbocycles. The third-order valence-corrected chi connectivity index (χ3v) is 5.52. The van der Waals surface area contributed by atoms with Gasteiger partial charge in [0.15, 0.2) is 5.82 Å². The van der Waals surface area contributed by atoms with Gasteiger partial charge in [0.25, 0.3) is 0 Å². The Morgan fingerprint density at radius 2 is 1.97 bits per heavy atom. The number of nitrogens with zero attached hydrogens (tertiary/aromatic N) is 4. The third-order valence-electron chi connectivity index (χ3n) is 5.52. The van der Waals surface area contributed by atoms with E-state index in [4.69, 9.17) is 5.73 Å². The lowest BCUT2D eigenvalue weighted by Gasteiger charge is -2.25. The lowest BCUT2D eigenvalue weighted by molar-refractivity contribution is -0.132. The van der Waals surface area contributed by atoms with Crippen molar-refractivity contribution in [3.05, 3.63) is 54.1 Å². The van der Waals surface area contributed by atoms with E-state index in [-0.39, 0.29) is 18.4 Å². The van der Waals surface area contributed by atoms with Gasteiger partial charge in [0.1, 0.15) is 6.17 Å². The fraction of sp³-hybridized carbons (Fsp3) is 0.333. The maximum Gasteiger partial charge on any atom is 0.240 e. The second kappa shape index (κ2) is 8.08. The summed E-state index contributed by atoms with van der Waals surface area (Å²) in [6.07, 6.45) is -0.547. The molecule has 3 atom stereocenters. The molecule has 7 nitrogen and oxygen atoms in total. The van der Waals surface area contributed by atoms with Crippen LogP contribution in [0.3, 0.4) is 0 Å². The zero-order chi connectivity index (χ0) is 20.4. The van der Waals surface area contributed by atoms with Crippen LogP contribution in [0.4, 0.5) is 4.39 Å². The van der Waals surface area contributed by atoms with Crippen molar-refractivity contribution in [1.29, 1.82) is 0 Å². The number of alkyl halides is 1. The predicted molar refractivity (Wildman–Crippen MR) is 108 cm³/mol. The molecule has 1 aromatic heterocycles. The first-order valence-electron chi connectivity index (χ1n) is 9.66. The first kappa shape index (κ1) is 19.2. The fourth-order valence-corrected chi connectivity index (χ4v) is 3.66. The molecule has 1 unspecified atom stereocenters. The van der Waals surface area contributed by atoms with E-state index >= 15 is 0 Å². The maximum absolute atomic E-state index is 13.4. The Kier molecular flexibility index (Phi) is 5.35. The number of nitrogens with one attached hydrogen (secondary N) is 1. The maximum atomic E-state index is 13.4. The molecule has 8 heteroatoms. The van der Waals surface area contributed by atoms with Crippen LogP contribution >= 0.6 is 0 Å². The van der Waals surface area contributed by atoms with E-state index in [9.17, 15) is 9.18 Å². The molecule has 150 valence electrons. The molecule has 3 aromatic rings. The van der Waals surface area contributed by atoms with Gasteiger partial charge >= 0.3 is 0 Å². The first-order valence-corrected chi connectivity index (χ1v) is 9.66. The number of nitrogens with two attached hydrogens (primary N) is 1. The number of carbonyl (C=O) groups excluding carboxylic acids is 1. The number of H-pyrrole nitrogens is 1. The average molecular weight is 394 g/mol. The molecule has 1 aliphatic rings. The molecule has 29 heavy (non-hydrogen) atoms. The second-order valence-corrected chi connectivity index (χ2v) is 7.44. The molecule has 2 heterocycles. The topological polar surface area (TPSA) is 101 Å². The van der Waals surface area contributed by atoms with Crippen LogP contribution in [0.15, 0.2) is 48.5 Å². The summed E-state index contributed by atoms with van der Waals surface area (Å²) in [4.78, 5) is 14.1. The van der Waals surface area contributed by atoms with E-state index < -0.39 is 12.2 Å². The van der Waals surface area contributed by atoms with Gasteiger partial charge in [0.2, 0.25) is 5.91 Å². The zero-order valence-corrected chi connectivity index (χ0v) is 16.1. The minimum Gasteiger partial charge on any atom is -0.338 e. The number of aromatic amines is 1. The predicted octanol–water partition coefficient (Wildman–Crippen LogP) is 2.53. The highest BCUT2D eigenvalue weighted by molar-refractivity contribution is 5.83. The molecule has 1 aliphatic heterocycles. The molecule has 4 rings (SSSR count). The number of tetrazole rings is 1. The third kappa shape index (κ3) is 4.02. The molecule has 0 radical (unpaired) electrons. The van der Waals surface area contributed by atoms with Crippen LogP contribution in [0.2, 0.25) is 0 Å². The average Bonchev–Trinajstić information content (AvgIpc) is 3.44. The SMILES string of the molecule is CC(c1ccc(-c2cccc(-c3nnn[nH]3)c2)cc1)[C@H](N)C(=O)N1CC[C@H](F)C1. The van der Waals surface area contributed by atoms with E-state index in [1.807, 2.05) is 55.5 Å². The molecule has 1 fully saturated rings. The van der Waals surface area contributed by atoms with Crippen LogP contribution in [-0.4, -0.2) is 56.7 Å². The van der Waals surface area contributed by atoms with Crippen molar-refractivity contribution in [3.8, 4) is 22.5 Å². The summed E-state index contributed by atoms with van der Waals surface area (Å²) in [5, 5.41) is 13.9. The number of likely N-dealkylation sites (tertiary alicyclic amines) is 1. The summed E-state index contributed by atoms with van der Waals surface area (Å²) in [5.41, 5.74) is 10.1. The summed E-state index contributed by atoms with van der Waals surface area (Å²) in [6.45, 7) is 2.52. The van der Waals surface area contributed by atoms with Crippen LogP contribution in [0.5, 0.6) is 0 Å². The number of hydrogen-bond acceptors (Lipinski definition) is 5. The Hall–Kier alpha value is -3.13. The van der Waals surface area contributed by atoms with Gasteiger partial charge in [-0.2, -0.15) is 0 Å². The Bertz CT molecular complexity index is 975. The van der Waals surface area contributed by atoms with E-state index in [0.717, 1.165) is 22.3 Å². The van der Waals surface area contributed by atoms with Crippen molar-refractivity contribution < 1.29 is 9.18 Å². The van der Waals surface area contributed by atoms with Crippen LogP contribution < -0.4 is 5.73 Å². The van der Waals surface area contributed by atoms with Gasteiger partial charge in [0, 0.05) is 18.0 Å². The lowest BCUT2D eigenvalue weighted by atomic mass is 9.91. The summed E-state index contributed by atoms with van der Waals surface area (Å²) in [7, 11) is 0. The van der Waals surface area contributed by atoms with Crippen LogP contribution in [0.25, 0.3) is 22.5 Å². The van der Waals surface area contributed by atoms with Gasteiger partial charge in [-0.05, 0) is 39.6 Å². The van der Waals surface area contributed by atoms with Crippen molar-refractivity contribution >= 4 is 5.91 Å². The number of aromatic nitrogens is 4. The second-order valence-electron chi connectivity index (χ2n) is 7.44. The van der Waals surface area contributed by atoms with Crippen molar-refractivity contribution in [2.75, 3.05) is 13.1 Å². The van der Waals surface area contributed by atoms with E-state index in [1.165, 1.54) is 4.90 Å². The Morgan fingerprint density at radius 3 is 2.62 bits per heavy atom. The van der Waals surface area contributed by atoms with Crippen LogP contribution in [-0.2, 0) is 4.79 Å². The highest BCUT2D eigenvalue weighted by atomic mass is 19.1. The largest absolute Gasteiger partial charge is 0.338 e. The smallest absolute Gasteiger partial charge is 0.240 e. The van der Waals surface area contributed by atoms with Crippen molar-refractivity contribution in [1.82, 2.24) is 25.5 Å². The Balaban J connectivity index is 1.49. The van der Waals surface area contributed by atoms with E-state index in [2.05, 4.69) is 20.6 Å². The molecular formula is C21H23FN6O. The molecule has 3 N–H and O–H groups in total. The van der Waals surface area contributed by atoms with E-state index in [0.29, 0.717) is 18.8 Å². The summed E-state index contributed by atoms with van der Waals surface area (Å²) < 4.78 is 13.4. The molecule has 2 aromatic carbocycles. The number of carbonyl (C=O) groups is 1. The van der Waals surface area contributed by atoms with E-state index in [1.54, 1.807) is 0 Å². The molecule has 1 amide bonds. The standard InChI is InChI=1S/C21H23FN6O/c1-13(19(23)21(29)28-10-9-18(22)12-28)14-5-7-15(8-6-14)16-3-2-4-17(11-16)20-24-26-27-25-20/h2-8,11,13,18-19H,9-10,12,23H2,1H3,(H,24,25,26,27)/t13?,18-,19-/m0/s1. The number of hydrogen-bond donors (Lipinski definition) is 2. The van der Waals surface area contributed by atoms with Crippen molar-refractivity contribution in [3.63, 3.8) is 0 Å². The number of halogens is 1. The van der Waals surface area contributed by atoms with Gasteiger partial charge in [-0.3, -0.25) is 4.79 Å². The summed E-state index contributed by atoms with van der Waals surface area (Å²) >= 11 is 0. The molecule has 0 spiro atoms. The summed E-state index contributed by atoms with van der Waals surface area (Å²) in [6, 6.07) is 15.2. The first-order chi connectivity index (χ1) is 14.0. The minimum atomic E-state index is -0.941. The van der Waals surface area contributed by atoms with Gasteiger partial charge < -0.3 is 10.6 Å². The fourth-order valence-electron chi connectivity index (χ4n) is 3.66. The minimum absolute atomic E-state index is 0.148. The highest BCUT2D eigenvalue weighted by Gasteiger charge is 2.32. The van der Waals surface area contributed by atoms with Crippen LogP contribution in [0.1, 0.15) is 24.8 Å². The van der Waals surface area contributed by atoms with Gasteiger partial charge in [0.05, 0.1) is 12.6 Å².